The molecule has 0 spiro atoms. The fraction of sp³-hybridized carbons (Fsp3) is 0.444. The van der Waals surface area contributed by atoms with Gasteiger partial charge in [-0.1, -0.05) is 0 Å². The maximum Gasteiger partial charge on any atom is 0.0763 e. The Labute approximate surface area is 77.3 Å². The van der Waals surface area contributed by atoms with Crippen molar-refractivity contribution in [2.75, 3.05) is 30.9 Å². The molecule has 0 saturated carbocycles. The molecule has 1 aromatic heterocycles. The predicted octanol–water partition coefficient (Wildman–Crippen LogP) is 0.934. The van der Waals surface area contributed by atoms with Gasteiger partial charge in [0.15, 0.2) is 0 Å². The molecule has 1 atom stereocenters. The molecule has 0 saturated heterocycles. The summed E-state index contributed by atoms with van der Waals surface area (Å²) in [6, 6.07) is 2.31. The Morgan fingerprint density at radius 1 is 1.62 bits per heavy atom. The molecule has 0 aromatic carbocycles. The maximum atomic E-state index is 5.08. The number of aromatic nitrogens is 1. The third-order valence-corrected chi connectivity index (χ3v) is 2.09. The first-order chi connectivity index (χ1) is 6.40. The first-order valence-electron chi connectivity index (χ1n) is 4.33. The highest BCUT2D eigenvalue weighted by Crippen LogP contribution is 2.23. The number of nitrogens with zero attached hydrogens (tertiary/aromatic N) is 1. The second kappa shape index (κ2) is 3.62. The summed E-state index contributed by atoms with van der Waals surface area (Å²) in [5, 5.41) is 6.66. The molecule has 4 nitrogen and oxygen atoms in total. The van der Waals surface area contributed by atoms with Crippen molar-refractivity contribution in [2.45, 2.75) is 6.04 Å². The SMILES string of the molecule is COCC1CNc2cnccc2N1. The first-order valence-corrected chi connectivity index (χ1v) is 4.33. The third-order valence-electron chi connectivity index (χ3n) is 2.09. The number of hydrogen-bond acceptors (Lipinski definition) is 4. The quantitative estimate of drug-likeness (QED) is 0.709. The van der Waals surface area contributed by atoms with Crippen LogP contribution in [0.5, 0.6) is 0 Å². The van der Waals surface area contributed by atoms with Crippen LogP contribution in [0, 0.1) is 0 Å². The van der Waals surface area contributed by atoms with E-state index in [0.29, 0.717) is 6.04 Å². The van der Waals surface area contributed by atoms with Gasteiger partial charge in [-0.05, 0) is 6.07 Å². The van der Waals surface area contributed by atoms with Crippen molar-refractivity contribution < 1.29 is 4.74 Å². The largest absolute Gasteiger partial charge is 0.382 e. The lowest BCUT2D eigenvalue weighted by Gasteiger charge is -2.27. The van der Waals surface area contributed by atoms with Gasteiger partial charge in [-0.3, -0.25) is 4.98 Å². The third kappa shape index (κ3) is 1.72. The van der Waals surface area contributed by atoms with E-state index in [1.807, 2.05) is 12.3 Å². The van der Waals surface area contributed by atoms with Crippen molar-refractivity contribution in [3.63, 3.8) is 0 Å². The fourth-order valence-corrected chi connectivity index (χ4v) is 1.47. The van der Waals surface area contributed by atoms with Gasteiger partial charge >= 0.3 is 0 Å². The number of rotatable bonds is 2. The molecule has 1 unspecified atom stereocenters. The van der Waals surface area contributed by atoms with Gasteiger partial charge in [-0.15, -0.1) is 0 Å². The zero-order valence-corrected chi connectivity index (χ0v) is 7.58. The summed E-state index contributed by atoms with van der Waals surface area (Å²) in [6.07, 6.45) is 3.61. The van der Waals surface area contributed by atoms with E-state index < -0.39 is 0 Å². The average Bonchev–Trinajstić information content (AvgIpc) is 2.18. The molecule has 0 radical (unpaired) electrons. The van der Waals surface area contributed by atoms with Gasteiger partial charge in [0.1, 0.15) is 0 Å². The Balaban J connectivity index is 2.11. The van der Waals surface area contributed by atoms with E-state index in [1.165, 1.54) is 0 Å². The van der Waals surface area contributed by atoms with E-state index in [4.69, 9.17) is 4.74 Å². The van der Waals surface area contributed by atoms with Crippen molar-refractivity contribution in [3.05, 3.63) is 18.5 Å². The standard InChI is InChI=1S/C9H13N3O/c1-13-6-7-4-11-9-5-10-3-2-8(9)12-7/h2-3,5,7,11-12H,4,6H2,1H3. The van der Waals surface area contributed by atoms with Crippen LogP contribution in [0.4, 0.5) is 11.4 Å². The summed E-state index contributed by atoms with van der Waals surface area (Å²) in [5.41, 5.74) is 2.16. The Morgan fingerprint density at radius 3 is 3.38 bits per heavy atom. The van der Waals surface area contributed by atoms with E-state index in [-0.39, 0.29) is 0 Å². The van der Waals surface area contributed by atoms with Crippen LogP contribution in [0.1, 0.15) is 0 Å². The van der Waals surface area contributed by atoms with Gasteiger partial charge in [0.05, 0.1) is 30.2 Å². The van der Waals surface area contributed by atoms with Crippen LogP contribution in [0.3, 0.4) is 0 Å². The molecule has 4 heteroatoms. The lowest BCUT2D eigenvalue weighted by Crippen LogP contribution is -2.36. The second-order valence-electron chi connectivity index (χ2n) is 3.10. The fourth-order valence-electron chi connectivity index (χ4n) is 1.47. The van der Waals surface area contributed by atoms with Crippen LogP contribution in [0.2, 0.25) is 0 Å². The number of fused-ring (bicyclic) bond motifs is 1. The smallest absolute Gasteiger partial charge is 0.0763 e. The normalized spacial score (nSPS) is 19.9. The lowest BCUT2D eigenvalue weighted by atomic mass is 10.2. The van der Waals surface area contributed by atoms with Gasteiger partial charge in [-0.25, -0.2) is 0 Å². The lowest BCUT2D eigenvalue weighted by molar-refractivity contribution is 0.188. The molecule has 2 heterocycles. The van der Waals surface area contributed by atoms with Gasteiger partial charge in [-0.2, -0.15) is 0 Å². The number of anilines is 2. The van der Waals surface area contributed by atoms with Gasteiger partial charge in [0, 0.05) is 19.9 Å². The van der Waals surface area contributed by atoms with Crippen molar-refractivity contribution in [3.8, 4) is 0 Å². The van der Waals surface area contributed by atoms with Crippen LogP contribution in [0.25, 0.3) is 0 Å². The average molecular weight is 179 g/mol. The predicted molar refractivity (Wildman–Crippen MR) is 52.0 cm³/mol. The summed E-state index contributed by atoms with van der Waals surface area (Å²) in [5.74, 6) is 0. The molecule has 1 aromatic rings. The van der Waals surface area contributed by atoms with Crippen LogP contribution in [-0.2, 0) is 4.74 Å². The first kappa shape index (κ1) is 8.31. The zero-order chi connectivity index (χ0) is 9.10. The zero-order valence-electron chi connectivity index (χ0n) is 7.58. The number of pyridine rings is 1. The summed E-state index contributed by atoms with van der Waals surface area (Å²) in [6.45, 7) is 1.60. The minimum absolute atomic E-state index is 0.347. The van der Waals surface area contributed by atoms with Gasteiger partial charge in [0.25, 0.3) is 0 Å². The molecule has 0 aliphatic carbocycles. The van der Waals surface area contributed by atoms with Crippen molar-refractivity contribution in [1.29, 1.82) is 0 Å². The minimum atomic E-state index is 0.347. The highest BCUT2D eigenvalue weighted by atomic mass is 16.5. The number of ether oxygens (including phenoxy) is 1. The van der Waals surface area contributed by atoms with E-state index in [9.17, 15) is 0 Å². The highest BCUT2D eigenvalue weighted by Gasteiger charge is 2.15. The molecule has 0 bridgehead atoms. The van der Waals surface area contributed by atoms with Crippen LogP contribution in [0.15, 0.2) is 18.5 Å². The number of hydrogen-bond donors (Lipinski definition) is 2. The molecular weight excluding hydrogens is 166 g/mol. The summed E-state index contributed by atoms with van der Waals surface area (Å²) in [7, 11) is 1.71. The molecule has 70 valence electrons. The summed E-state index contributed by atoms with van der Waals surface area (Å²) < 4.78 is 5.08. The minimum Gasteiger partial charge on any atom is -0.382 e. The van der Waals surface area contributed by atoms with E-state index in [0.717, 1.165) is 24.5 Å². The maximum absolute atomic E-state index is 5.08. The Hall–Kier alpha value is -1.29. The van der Waals surface area contributed by atoms with Crippen LogP contribution < -0.4 is 10.6 Å². The molecular formula is C9H13N3O. The molecule has 2 N–H and O–H groups in total. The summed E-state index contributed by atoms with van der Waals surface area (Å²) >= 11 is 0. The van der Waals surface area contributed by atoms with E-state index >= 15 is 0 Å². The molecule has 0 fully saturated rings. The Morgan fingerprint density at radius 2 is 2.54 bits per heavy atom. The molecule has 0 amide bonds. The second-order valence-corrected chi connectivity index (χ2v) is 3.10. The Kier molecular flexibility index (Phi) is 2.31. The van der Waals surface area contributed by atoms with Gasteiger partial charge < -0.3 is 15.4 Å². The molecule has 1 aliphatic rings. The summed E-state index contributed by atoms with van der Waals surface area (Å²) in [4.78, 5) is 4.04. The molecule has 13 heavy (non-hydrogen) atoms. The Bertz CT molecular complexity index is 290. The molecule has 1 aliphatic heterocycles. The van der Waals surface area contributed by atoms with Crippen LogP contribution in [-0.4, -0.2) is 31.3 Å². The molecule has 2 rings (SSSR count). The van der Waals surface area contributed by atoms with E-state index in [1.54, 1.807) is 13.3 Å². The van der Waals surface area contributed by atoms with E-state index in [2.05, 4.69) is 15.6 Å². The topological polar surface area (TPSA) is 46.2 Å². The number of nitrogens with one attached hydrogen (secondary N) is 2. The van der Waals surface area contributed by atoms with Crippen molar-refractivity contribution in [1.82, 2.24) is 4.98 Å². The number of methoxy groups -OCH3 is 1. The monoisotopic (exact) mass is 179 g/mol. The van der Waals surface area contributed by atoms with Gasteiger partial charge in [0.2, 0.25) is 0 Å². The van der Waals surface area contributed by atoms with Crippen molar-refractivity contribution >= 4 is 11.4 Å². The highest BCUT2D eigenvalue weighted by molar-refractivity contribution is 5.69. The van der Waals surface area contributed by atoms with Crippen molar-refractivity contribution in [2.24, 2.45) is 0 Å². The van der Waals surface area contributed by atoms with Crippen LogP contribution >= 0.6 is 0 Å².